The first-order chi connectivity index (χ1) is 11.4. The summed E-state index contributed by atoms with van der Waals surface area (Å²) in [4.78, 5) is 7.48. The molecule has 1 fully saturated rings. The molecule has 1 aromatic heterocycles. The Labute approximate surface area is 138 Å². The van der Waals surface area contributed by atoms with Gasteiger partial charge in [0.25, 0.3) is 0 Å². The van der Waals surface area contributed by atoms with Gasteiger partial charge in [-0.25, -0.2) is 27.2 Å². The van der Waals surface area contributed by atoms with E-state index in [-0.39, 0.29) is 19.1 Å². The first-order valence-corrected chi connectivity index (χ1v) is 8.79. The number of ether oxygens (including phenoxy) is 1. The Morgan fingerprint density at radius 3 is 2.46 bits per heavy atom. The maximum atomic E-state index is 13.3. The molecule has 0 amide bonds. The molecule has 1 atom stereocenters. The van der Waals surface area contributed by atoms with E-state index in [1.54, 1.807) is 6.07 Å². The number of aromatic nitrogens is 2. The lowest BCUT2D eigenvalue weighted by Crippen LogP contribution is -2.44. The monoisotopic (exact) mass is 355 g/mol. The fourth-order valence-corrected chi connectivity index (χ4v) is 4.09. The lowest BCUT2D eigenvalue weighted by atomic mass is 10.1. The van der Waals surface area contributed by atoms with E-state index in [0.29, 0.717) is 18.9 Å². The standard InChI is InChI=1S/C15H15F2N3O3S/c16-11-7-12(17)9-14(8-11)24(21,22)20-6-1-3-13(10-20)23-15-18-4-2-5-19-15/h2,4-5,7-9,13H,1,3,6,10H2. The molecular formula is C15H15F2N3O3S. The lowest BCUT2D eigenvalue weighted by Gasteiger charge is -2.31. The molecule has 6 nitrogen and oxygen atoms in total. The zero-order valence-electron chi connectivity index (χ0n) is 12.6. The van der Waals surface area contributed by atoms with Crippen molar-refractivity contribution in [2.75, 3.05) is 13.1 Å². The highest BCUT2D eigenvalue weighted by atomic mass is 32.2. The second-order valence-electron chi connectivity index (χ2n) is 5.38. The molecule has 0 aliphatic carbocycles. The maximum Gasteiger partial charge on any atom is 0.316 e. The number of rotatable bonds is 4. The normalized spacial score (nSPS) is 19.2. The molecule has 128 valence electrons. The number of piperidine rings is 1. The number of nitrogens with zero attached hydrogens (tertiary/aromatic N) is 3. The minimum atomic E-state index is -4.00. The van der Waals surface area contributed by atoms with Gasteiger partial charge in [-0.2, -0.15) is 4.31 Å². The van der Waals surface area contributed by atoms with Crippen LogP contribution >= 0.6 is 0 Å². The molecule has 9 heteroatoms. The smallest absolute Gasteiger partial charge is 0.316 e. The van der Waals surface area contributed by atoms with Gasteiger partial charge >= 0.3 is 6.01 Å². The summed E-state index contributed by atoms with van der Waals surface area (Å²) >= 11 is 0. The van der Waals surface area contributed by atoms with Crippen LogP contribution in [0.4, 0.5) is 8.78 Å². The molecule has 0 saturated carbocycles. The van der Waals surface area contributed by atoms with Gasteiger partial charge in [-0.3, -0.25) is 0 Å². The molecule has 3 rings (SSSR count). The Hall–Kier alpha value is -2.13. The van der Waals surface area contributed by atoms with E-state index in [9.17, 15) is 17.2 Å². The van der Waals surface area contributed by atoms with Gasteiger partial charge in [0.05, 0.1) is 11.4 Å². The number of hydrogen-bond donors (Lipinski definition) is 0. The second-order valence-corrected chi connectivity index (χ2v) is 7.32. The molecule has 24 heavy (non-hydrogen) atoms. The van der Waals surface area contributed by atoms with E-state index in [2.05, 4.69) is 9.97 Å². The Morgan fingerprint density at radius 2 is 1.79 bits per heavy atom. The van der Waals surface area contributed by atoms with Gasteiger partial charge in [-0.05, 0) is 31.0 Å². The van der Waals surface area contributed by atoms with Gasteiger partial charge in [0.1, 0.15) is 17.7 Å². The summed E-state index contributed by atoms with van der Waals surface area (Å²) in [6.07, 6.45) is 3.83. The van der Waals surface area contributed by atoms with E-state index in [1.165, 1.54) is 12.4 Å². The van der Waals surface area contributed by atoms with Gasteiger partial charge in [-0.15, -0.1) is 0 Å². The summed E-state index contributed by atoms with van der Waals surface area (Å²) in [5.74, 6) is -1.87. The van der Waals surface area contributed by atoms with Crippen LogP contribution in [0, 0.1) is 11.6 Å². The van der Waals surface area contributed by atoms with Crippen LogP contribution < -0.4 is 4.74 Å². The summed E-state index contributed by atoms with van der Waals surface area (Å²) in [7, 11) is -4.00. The van der Waals surface area contributed by atoms with Crippen molar-refractivity contribution in [1.82, 2.24) is 14.3 Å². The van der Waals surface area contributed by atoms with Gasteiger partial charge in [0.15, 0.2) is 0 Å². The number of sulfonamides is 1. The van der Waals surface area contributed by atoms with E-state index in [0.717, 1.165) is 16.4 Å². The molecule has 2 heterocycles. The Bertz CT molecular complexity index is 798. The highest BCUT2D eigenvalue weighted by Crippen LogP contribution is 2.23. The molecule has 1 saturated heterocycles. The first-order valence-electron chi connectivity index (χ1n) is 7.35. The van der Waals surface area contributed by atoms with Crippen molar-refractivity contribution in [3.8, 4) is 6.01 Å². The van der Waals surface area contributed by atoms with Crippen LogP contribution in [-0.4, -0.2) is 41.9 Å². The third kappa shape index (κ3) is 3.68. The molecule has 0 bridgehead atoms. The van der Waals surface area contributed by atoms with Crippen molar-refractivity contribution in [2.45, 2.75) is 23.8 Å². The largest absolute Gasteiger partial charge is 0.459 e. The predicted molar refractivity (Wildman–Crippen MR) is 80.8 cm³/mol. The Balaban J connectivity index is 1.78. The molecule has 0 radical (unpaired) electrons. The molecule has 1 aliphatic rings. The predicted octanol–water partition coefficient (Wildman–Crippen LogP) is 1.99. The van der Waals surface area contributed by atoms with Crippen LogP contribution in [0.5, 0.6) is 6.01 Å². The number of benzene rings is 1. The van der Waals surface area contributed by atoms with E-state index in [1.807, 2.05) is 0 Å². The van der Waals surface area contributed by atoms with Crippen LogP contribution in [0.2, 0.25) is 0 Å². The molecule has 0 spiro atoms. The molecule has 1 unspecified atom stereocenters. The lowest BCUT2D eigenvalue weighted by molar-refractivity contribution is 0.119. The zero-order chi connectivity index (χ0) is 17.2. The third-order valence-corrected chi connectivity index (χ3v) is 5.47. The molecular weight excluding hydrogens is 340 g/mol. The van der Waals surface area contributed by atoms with Crippen molar-refractivity contribution in [3.05, 3.63) is 48.3 Å². The quantitative estimate of drug-likeness (QED) is 0.839. The molecule has 2 aromatic rings. The van der Waals surface area contributed by atoms with Crippen molar-refractivity contribution in [3.63, 3.8) is 0 Å². The highest BCUT2D eigenvalue weighted by molar-refractivity contribution is 7.89. The number of halogens is 2. The minimum absolute atomic E-state index is 0.0682. The van der Waals surface area contributed by atoms with Crippen LogP contribution in [-0.2, 0) is 10.0 Å². The van der Waals surface area contributed by atoms with E-state index < -0.39 is 32.7 Å². The van der Waals surface area contributed by atoms with Crippen LogP contribution in [0.1, 0.15) is 12.8 Å². The van der Waals surface area contributed by atoms with Crippen molar-refractivity contribution >= 4 is 10.0 Å². The van der Waals surface area contributed by atoms with Crippen molar-refractivity contribution in [2.24, 2.45) is 0 Å². The van der Waals surface area contributed by atoms with Gasteiger partial charge in [-0.1, -0.05) is 0 Å². The van der Waals surface area contributed by atoms with Crippen molar-refractivity contribution < 1.29 is 21.9 Å². The topological polar surface area (TPSA) is 72.4 Å². The second kappa shape index (κ2) is 6.78. The summed E-state index contributed by atoms with van der Waals surface area (Å²) in [6, 6.07) is 4.06. The van der Waals surface area contributed by atoms with Gasteiger partial charge < -0.3 is 4.74 Å². The van der Waals surface area contributed by atoms with E-state index >= 15 is 0 Å². The number of hydrogen-bond acceptors (Lipinski definition) is 5. The minimum Gasteiger partial charge on any atom is -0.459 e. The van der Waals surface area contributed by atoms with Crippen LogP contribution in [0.15, 0.2) is 41.6 Å². The molecule has 1 aliphatic heterocycles. The Kier molecular flexibility index (Phi) is 4.72. The van der Waals surface area contributed by atoms with Gasteiger partial charge in [0, 0.05) is 25.0 Å². The van der Waals surface area contributed by atoms with Gasteiger partial charge in [0.2, 0.25) is 10.0 Å². The SMILES string of the molecule is O=S(=O)(c1cc(F)cc(F)c1)N1CCCC(Oc2ncccn2)C1. The average Bonchev–Trinajstić information content (AvgIpc) is 2.55. The molecule has 0 N–H and O–H groups in total. The summed E-state index contributed by atoms with van der Waals surface area (Å²) < 4.78 is 58.6. The zero-order valence-corrected chi connectivity index (χ0v) is 13.4. The van der Waals surface area contributed by atoms with Crippen LogP contribution in [0.3, 0.4) is 0 Å². The highest BCUT2D eigenvalue weighted by Gasteiger charge is 2.32. The van der Waals surface area contributed by atoms with E-state index in [4.69, 9.17) is 4.74 Å². The average molecular weight is 355 g/mol. The fraction of sp³-hybridized carbons (Fsp3) is 0.333. The summed E-state index contributed by atoms with van der Waals surface area (Å²) in [5.41, 5.74) is 0. The van der Waals surface area contributed by atoms with Crippen molar-refractivity contribution in [1.29, 1.82) is 0 Å². The molecule has 1 aromatic carbocycles. The first kappa shape index (κ1) is 16.7. The maximum absolute atomic E-state index is 13.3. The Morgan fingerprint density at radius 1 is 1.12 bits per heavy atom. The summed E-state index contributed by atoms with van der Waals surface area (Å²) in [6.45, 7) is 0.328. The van der Waals surface area contributed by atoms with Crippen LogP contribution in [0.25, 0.3) is 0 Å². The fourth-order valence-electron chi connectivity index (χ4n) is 2.54. The summed E-state index contributed by atoms with van der Waals surface area (Å²) in [5, 5.41) is 0. The third-order valence-electron chi connectivity index (χ3n) is 3.63.